The molecule has 5 nitrogen and oxygen atoms in total. The zero-order valence-electron chi connectivity index (χ0n) is 18.1. The highest BCUT2D eigenvalue weighted by Gasteiger charge is 2.48. The first-order valence-electron chi connectivity index (χ1n) is 11.2. The zero-order valence-corrected chi connectivity index (χ0v) is 19.0. The van der Waals surface area contributed by atoms with E-state index in [0.717, 1.165) is 40.3 Å². The molecule has 1 aromatic heterocycles. The number of H-pyrrole nitrogens is 1. The van der Waals surface area contributed by atoms with Gasteiger partial charge in [-0.2, -0.15) is 0 Å². The lowest BCUT2D eigenvalue weighted by Gasteiger charge is -2.54. The van der Waals surface area contributed by atoms with E-state index in [-0.39, 0.29) is 5.91 Å². The van der Waals surface area contributed by atoms with Crippen LogP contribution in [0.25, 0.3) is 17.3 Å². The molecule has 1 heterocycles. The molecular formula is C25H30N2O3S. The van der Waals surface area contributed by atoms with E-state index >= 15 is 0 Å². The molecule has 0 aliphatic heterocycles. The van der Waals surface area contributed by atoms with Crippen molar-refractivity contribution in [3.8, 4) is 22.8 Å². The van der Waals surface area contributed by atoms with E-state index in [9.17, 15) is 4.79 Å². The van der Waals surface area contributed by atoms with Gasteiger partial charge < -0.3 is 19.8 Å². The van der Waals surface area contributed by atoms with Crippen molar-refractivity contribution in [3.05, 3.63) is 40.9 Å². The lowest BCUT2D eigenvalue weighted by Crippen LogP contribution is -2.55. The van der Waals surface area contributed by atoms with Crippen LogP contribution in [0, 0.1) is 23.7 Å². The monoisotopic (exact) mass is 438 g/mol. The molecule has 0 saturated heterocycles. The summed E-state index contributed by atoms with van der Waals surface area (Å²) >= 11 is 4.52. The molecule has 31 heavy (non-hydrogen) atoms. The number of hydrogen-bond donors (Lipinski definition) is 3. The molecule has 0 atom stereocenters. The summed E-state index contributed by atoms with van der Waals surface area (Å²) in [4.78, 5) is 16.7. The second kappa shape index (κ2) is 8.30. The number of rotatable bonds is 6. The molecule has 2 aromatic rings. The van der Waals surface area contributed by atoms with Gasteiger partial charge in [0.1, 0.15) is 11.5 Å². The molecular weight excluding hydrogens is 408 g/mol. The van der Waals surface area contributed by atoms with Gasteiger partial charge in [0.15, 0.2) is 0 Å². The van der Waals surface area contributed by atoms with Crippen LogP contribution < -0.4 is 14.8 Å². The number of nitrogens with one attached hydrogen (secondary N) is 2. The highest BCUT2D eigenvalue weighted by atomic mass is 32.1. The molecule has 4 aliphatic carbocycles. The average Bonchev–Trinajstić information content (AvgIpc) is 3.23. The Kier molecular flexibility index (Phi) is 5.51. The van der Waals surface area contributed by atoms with Crippen molar-refractivity contribution in [2.75, 3.05) is 14.2 Å². The van der Waals surface area contributed by atoms with Gasteiger partial charge in [-0.15, -0.1) is 12.6 Å². The number of aromatic amines is 1. The number of methoxy groups -OCH3 is 2. The average molecular weight is 439 g/mol. The number of amides is 1. The SMILES string of the molecule is COc1cc(OC)cc(-c2ccc(/C=C(\S)C(=O)NC3C4CC5CC(C4)CC3C5)[nH]2)c1. The zero-order chi connectivity index (χ0) is 21.5. The lowest BCUT2D eigenvalue weighted by atomic mass is 9.54. The van der Waals surface area contributed by atoms with Gasteiger partial charge in [0.2, 0.25) is 0 Å². The van der Waals surface area contributed by atoms with Gasteiger partial charge in [-0.3, -0.25) is 4.79 Å². The Morgan fingerprint density at radius 2 is 1.61 bits per heavy atom. The van der Waals surface area contributed by atoms with Crippen LogP contribution in [0.1, 0.15) is 37.8 Å². The summed E-state index contributed by atoms with van der Waals surface area (Å²) < 4.78 is 10.7. The van der Waals surface area contributed by atoms with E-state index < -0.39 is 0 Å². The molecule has 4 fully saturated rings. The molecule has 0 spiro atoms. The number of carbonyl (C=O) groups excluding carboxylic acids is 1. The number of carbonyl (C=O) groups is 1. The Morgan fingerprint density at radius 3 is 2.19 bits per heavy atom. The topological polar surface area (TPSA) is 63.4 Å². The minimum Gasteiger partial charge on any atom is -0.497 e. The van der Waals surface area contributed by atoms with Gasteiger partial charge in [0, 0.05) is 29.1 Å². The molecule has 4 saturated carbocycles. The Hall–Kier alpha value is -2.34. The van der Waals surface area contributed by atoms with Crippen molar-refractivity contribution in [3.63, 3.8) is 0 Å². The minimum absolute atomic E-state index is 0.0694. The molecule has 0 radical (unpaired) electrons. The molecule has 164 valence electrons. The summed E-state index contributed by atoms with van der Waals surface area (Å²) in [6, 6.07) is 9.99. The summed E-state index contributed by atoms with van der Waals surface area (Å²) in [7, 11) is 3.27. The highest BCUT2D eigenvalue weighted by Crippen LogP contribution is 2.53. The second-order valence-corrected chi connectivity index (χ2v) is 9.87. The maximum atomic E-state index is 12.9. The number of benzene rings is 1. The Bertz CT molecular complexity index is 962. The molecule has 1 amide bonds. The van der Waals surface area contributed by atoms with Crippen molar-refractivity contribution >= 4 is 24.6 Å². The van der Waals surface area contributed by atoms with E-state index in [1.807, 2.05) is 30.3 Å². The van der Waals surface area contributed by atoms with Crippen molar-refractivity contribution < 1.29 is 14.3 Å². The van der Waals surface area contributed by atoms with Gasteiger partial charge in [0.05, 0.1) is 19.1 Å². The number of ether oxygens (including phenoxy) is 2. The fourth-order valence-electron chi connectivity index (χ4n) is 6.23. The van der Waals surface area contributed by atoms with Gasteiger partial charge in [-0.05, 0) is 86.1 Å². The quantitative estimate of drug-likeness (QED) is 0.444. The minimum atomic E-state index is -0.0694. The van der Waals surface area contributed by atoms with Crippen molar-refractivity contribution in [1.82, 2.24) is 10.3 Å². The largest absolute Gasteiger partial charge is 0.497 e. The second-order valence-electron chi connectivity index (χ2n) is 9.39. The molecule has 1 aromatic carbocycles. The summed E-state index contributed by atoms with van der Waals surface area (Å²) in [6.07, 6.45) is 8.36. The van der Waals surface area contributed by atoms with E-state index in [1.54, 1.807) is 20.3 Å². The third-order valence-corrected chi connectivity index (χ3v) is 7.75. The number of hydrogen-bond acceptors (Lipinski definition) is 4. The van der Waals surface area contributed by atoms with Crippen LogP contribution in [0.15, 0.2) is 35.2 Å². The van der Waals surface area contributed by atoms with E-state index in [2.05, 4.69) is 22.9 Å². The van der Waals surface area contributed by atoms with E-state index in [4.69, 9.17) is 9.47 Å². The standard InChI is InChI=1S/C25H30N2O3S/c1-29-20-10-16(11-21(13-20)30-2)22-4-3-19(26-22)12-23(31)25(28)27-24-17-6-14-5-15(8-17)9-18(24)7-14/h3-4,10-15,17-18,24,26,31H,5-9H2,1-2H3,(H,27,28)/b23-12-. The predicted molar refractivity (Wildman–Crippen MR) is 125 cm³/mol. The number of aromatic nitrogens is 1. The van der Waals surface area contributed by atoms with Crippen molar-refractivity contribution in [2.45, 2.75) is 38.1 Å². The maximum absolute atomic E-state index is 12.9. The van der Waals surface area contributed by atoms with E-state index in [1.165, 1.54) is 32.1 Å². The summed E-state index contributed by atoms with van der Waals surface area (Å²) in [5, 5.41) is 3.32. The molecule has 6 heteroatoms. The van der Waals surface area contributed by atoms with Crippen LogP contribution in [0.4, 0.5) is 0 Å². The normalized spacial score (nSPS) is 29.1. The van der Waals surface area contributed by atoms with Gasteiger partial charge in [-0.25, -0.2) is 0 Å². The summed E-state index contributed by atoms with van der Waals surface area (Å²) in [6.45, 7) is 0. The smallest absolute Gasteiger partial charge is 0.257 e. The first kappa shape index (κ1) is 20.6. The Labute approximate surface area is 189 Å². The molecule has 0 unspecified atom stereocenters. The highest BCUT2D eigenvalue weighted by molar-refractivity contribution is 7.85. The first-order chi connectivity index (χ1) is 15.0. The predicted octanol–water partition coefficient (Wildman–Crippen LogP) is 4.91. The third kappa shape index (κ3) is 4.10. The molecule has 6 rings (SSSR count). The maximum Gasteiger partial charge on any atom is 0.257 e. The van der Waals surface area contributed by atoms with E-state index in [0.29, 0.717) is 22.8 Å². The van der Waals surface area contributed by atoms with Gasteiger partial charge in [-0.1, -0.05) is 0 Å². The molecule has 4 bridgehead atoms. The van der Waals surface area contributed by atoms with Crippen LogP contribution >= 0.6 is 12.6 Å². The number of thiol groups is 1. The fraction of sp³-hybridized carbons (Fsp3) is 0.480. The van der Waals surface area contributed by atoms with Crippen LogP contribution in [0.5, 0.6) is 11.5 Å². The lowest BCUT2D eigenvalue weighted by molar-refractivity contribution is -0.120. The fourth-order valence-corrected chi connectivity index (χ4v) is 6.43. The van der Waals surface area contributed by atoms with Gasteiger partial charge >= 0.3 is 0 Å². The first-order valence-corrected chi connectivity index (χ1v) is 11.6. The summed E-state index contributed by atoms with van der Waals surface area (Å²) in [5.41, 5.74) is 2.71. The Morgan fingerprint density at radius 1 is 1.00 bits per heavy atom. The molecule has 4 aliphatic rings. The Balaban J connectivity index is 1.29. The third-order valence-electron chi connectivity index (χ3n) is 7.42. The van der Waals surface area contributed by atoms with Crippen LogP contribution in [-0.4, -0.2) is 31.2 Å². The molecule has 2 N–H and O–H groups in total. The summed E-state index contributed by atoms with van der Waals surface area (Å²) in [5.74, 6) is 4.49. The van der Waals surface area contributed by atoms with Crippen molar-refractivity contribution in [2.24, 2.45) is 23.7 Å². The van der Waals surface area contributed by atoms with Crippen LogP contribution in [0.2, 0.25) is 0 Å². The van der Waals surface area contributed by atoms with Crippen LogP contribution in [-0.2, 0) is 4.79 Å². The van der Waals surface area contributed by atoms with Crippen molar-refractivity contribution in [1.29, 1.82) is 0 Å². The van der Waals surface area contributed by atoms with Gasteiger partial charge in [0.25, 0.3) is 5.91 Å². The van der Waals surface area contributed by atoms with Crippen LogP contribution in [0.3, 0.4) is 0 Å².